The number of aliphatic imine (C=N–C) groups is 1. The van der Waals surface area contributed by atoms with Gasteiger partial charge in [0, 0.05) is 23.4 Å². The highest BCUT2D eigenvalue weighted by molar-refractivity contribution is 6.01. The van der Waals surface area contributed by atoms with E-state index in [1.807, 2.05) is 0 Å². The second-order valence-electron chi connectivity index (χ2n) is 5.37. The summed E-state index contributed by atoms with van der Waals surface area (Å²) in [4.78, 5) is 22.2. The highest BCUT2D eigenvalue weighted by Crippen LogP contribution is 2.27. The van der Waals surface area contributed by atoms with Gasteiger partial charge in [0.1, 0.15) is 5.84 Å². The Morgan fingerprint density at radius 3 is 2.50 bits per heavy atom. The predicted molar refractivity (Wildman–Crippen MR) is 88.8 cm³/mol. The minimum Gasteiger partial charge on any atom is -0.383 e. The van der Waals surface area contributed by atoms with Crippen LogP contribution in [0.4, 0.5) is 14.6 Å². The van der Waals surface area contributed by atoms with E-state index in [0.29, 0.717) is 16.5 Å². The highest BCUT2D eigenvalue weighted by atomic mass is 19.3. The van der Waals surface area contributed by atoms with Crippen molar-refractivity contribution in [1.29, 1.82) is 0 Å². The largest absolute Gasteiger partial charge is 0.383 e. The molecule has 0 saturated heterocycles. The first kappa shape index (κ1) is 15.8. The highest BCUT2D eigenvalue weighted by Gasteiger charge is 2.23. The second-order valence-corrected chi connectivity index (χ2v) is 5.37. The lowest BCUT2D eigenvalue weighted by molar-refractivity contribution is 0.0175. The van der Waals surface area contributed by atoms with Gasteiger partial charge in [0.05, 0.1) is 5.52 Å². The third-order valence-corrected chi connectivity index (χ3v) is 3.53. The number of nitrogens with one attached hydrogen (secondary N) is 1. The number of aromatic amines is 1. The average molecular weight is 328 g/mol. The van der Waals surface area contributed by atoms with E-state index >= 15 is 0 Å². The van der Waals surface area contributed by atoms with Gasteiger partial charge in [-0.3, -0.25) is 0 Å². The summed E-state index contributed by atoms with van der Waals surface area (Å²) in [6.07, 6.45) is 0. The van der Waals surface area contributed by atoms with Gasteiger partial charge >= 0.3 is 5.69 Å². The number of hydrogen-bond donors (Lipinski definition) is 2. The van der Waals surface area contributed by atoms with Crippen molar-refractivity contribution in [3.63, 3.8) is 0 Å². The number of halogens is 2. The van der Waals surface area contributed by atoms with Crippen LogP contribution in [-0.2, 0) is 5.92 Å². The lowest BCUT2D eigenvalue weighted by atomic mass is 10.1. The first-order chi connectivity index (χ1) is 11.3. The molecule has 0 amide bonds. The Morgan fingerprint density at radius 1 is 1.17 bits per heavy atom. The molecule has 1 heterocycles. The normalized spacial score (nSPS) is 12.5. The molecule has 5 nitrogen and oxygen atoms in total. The van der Waals surface area contributed by atoms with Crippen molar-refractivity contribution < 1.29 is 8.78 Å². The van der Waals surface area contributed by atoms with Gasteiger partial charge in [-0.1, -0.05) is 36.4 Å². The number of rotatable bonds is 3. The van der Waals surface area contributed by atoms with Gasteiger partial charge in [0.15, 0.2) is 5.82 Å². The zero-order valence-electron chi connectivity index (χ0n) is 12.8. The topological polar surface area (TPSA) is 84.1 Å². The molecule has 0 aliphatic carbocycles. The van der Waals surface area contributed by atoms with Gasteiger partial charge in [-0.25, -0.2) is 18.6 Å². The number of fused-ring (bicyclic) bond motifs is 1. The Kier molecular flexibility index (Phi) is 3.84. The lowest BCUT2D eigenvalue weighted by Gasteiger charge is -2.11. The summed E-state index contributed by atoms with van der Waals surface area (Å²) in [5.41, 5.74) is 6.34. The summed E-state index contributed by atoms with van der Waals surface area (Å²) in [5.74, 6) is -2.66. The standard InChI is InChI=1S/C17H14F2N4O/c1-17(18,19)11-8-6-10(7-9-11)14(20)22-15-12-4-2-3-5-13(12)21-16(24)23-15/h2-9H,1H3,(H3,20,21,22,23,24). The SMILES string of the molecule is CC(F)(F)c1ccc(C(N)=Nc2nc(=O)[nH]c3ccccc23)cc1. The van der Waals surface area contributed by atoms with E-state index in [9.17, 15) is 13.6 Å². The van der Waals surface area contributed by atoms with Gasteiger partial charge in [-0.15, -0.1) is 0 Å². The molecule has 0 spiro atoms. The van der Waals surface area contributed by atoms with Crippen LogP contribution in [0, 0.1) is 0 Å². The number of amidine groups is 1. The van der Waals surface area contributed by atoms with Crippen LogP contribution in [0.1, 0.15) is 18.1 Å². The number of H-pyrrole nitrogens is 1. The van der Waals surface area contributed by atoms with Crippen molar-refractivity contribution in [3.05, 3.63) is 70.1 Å². The van der Waals surface area contributed by atoms with Gasteiger partial charge in [-0.2, -0.15) is 4.98 Å². The molecule has 0 unspecified atom stereocenters. The molecule has 0 aliphatic heterocycles. The maximum Gasteiger partial charge on any atom is 0.347 e. The van der Waals surface area contributed by atoms with Crippen molar-refractivity contribution in [2.24, 2.45) is 10.7 Å². The summed E-state index contributed by atoms with van der Waals surface area (Å²) in [5, 5.41) is 0.636. The number of benzene rings is 2. The van der Waals surface area contributed by atoms with E-state index in [0.717, 1.165) is 6.92 Å². The molecule has 1 aromatic heterocycles. The van der Waals surface area contributed by atoms with Crippen LogP contribution in [0.3, 0.4) is 0 Å². The molecule has 24 heavy (non-hydrogen) atoms. The number of hydrogen-bond acceptors (Lipinski definition) is 3. The smallest absolute Gasteiger partial charge is 0.347 e. The zero-order chi connectivity index (χ0) is 17.3. The Labute approximate surface area is 135 Å². The van der Waals surface area contributed by atoms with Crippen LogP contribution >= 0.6 is 0 Å². The molecular formula is C17H14F2N4O. The molecule has 122 valence electrons. The first-order valence-electron chi connectivity index (χ1n) is 7.16. The maximum absolute atomic E-state index is 13.2. The molecule has 0 aliphatic rings. The minimum absolute atomic E-state index is 0.0872. The molecule has 0 atom stereocenters. The van der Waals surface area contributed by atoms with Crippen LogP contribution in [-0.4, -0.2) is 15.8 Å². The minimum atomic E-state index is -2.92. The third kappa shape index (κ3) is 3.15. The monoisotopic (exact) mass is 328 g/mol. The van der Waals surface area contributed by atoms with Crippen LogP contribution in [0.25, 0.3) is 10.9 Å². The molecule has 7 heteroatoms. The fraction of sp³-hybridized carbons (Fsp3) is 0.118. The quantitative estimate of drug-likeness (QED) is 0.572. The predicted octanol–water partition coefficient (Wildman–Crippen LogP) is 3.07. The molecule has 2 aromatic carbocycles. The van der Waals surface area contributed by atoms with Gasteiger partial charge in [0.25, 0.3) is 5.92 Å². The molecule has 3 aromatic rings. The Morgan fingerprint density at radius 2 is 1.83 bits per heavy atom. The summed E-state index contributed by atoms with van der Waals surface area (Å²) < 4.78 is 26.5. The van der Waals surface area contributed by atoms with E-state index < -0.39 is 11.6 Å². The van der Waals surface area contributed by atoms with Gasteiger partial charge in [0.2, 0.25) is 0 Å². The van der Waals surface area contributed by atoms with Gasteiger partial charge in [-0.05, 0) is 12.1 Å². The fourth-order valence-corrected chi connectivity index (χ4v) is 2.28. The molecule has 0 radical (unpaired) electrons. The molecule has 0 bridgehead atoms. The second kappa shape index (κ2) is 5.84. The number of nitrogens with zero attached hydrogens (tertiary/aromatic N) is 2. The van der Waals surface area contributed by atoms with Crippen molar-refractivity contribution >= 4 is 22.6 Å². The van der Waals surface area contributed by atoms with E-state index in [1.54, 1.807) is 24.3 Å². The molecular weight excluding hydrogens is 314 g/mol. The van der Waals surface area contributed by atoms with Crippen molar-refractivity contribution in [3.8, 4) is 0 Å². The van der Waals surface area contributed by atoms with Crippen molar-refractivity contribution in [1.82, 2.24) is 9.97 Å². The van der Waals surface area contributed by atoms with E-state index in [1.165, 1.54) is 24.3 Å². The van der Waals surface area contributed by atoms with E-state index in [-0.39, 0.29) is 17.2 Å². The van der Waals surface area contributed by atoms with Crippen LogP contribution in [0.5, 0.6) is 0 Å². The van der Waals surface area contributed by atoms with E-state index in [2.05, 4.69) is 15.0 Å². The van der Waals surface area contributed by atoms with Crippen LogP contribution < -0.4 is 11.4 Å². The number of alkyl halides is 2. The van der Waals surface area contributed by atoms with Crippen LogP contribution in [0.15, 0.2) is 58.3 Å². The Balaban J connectivity index is 2.04. The lowest BCUT2D eigenvalue weighted by Crippen LogP contribution is -2.15. The maximum atomic E-state index is 13.2. The summed E-state index contributed by atoms with van der Waals surface area (Å²) >= 11 is 0. The Bertz CT molecular complexity index is 972. The Hall–Kier alpha value is -3.09. The molecule has 0 saturated carbocycles. The zero-order valence-corrected chi connectivity index (χ0v) is 12.8. The third-order valence-electron chi connectivity index (χ3n) is 3.53. The number of nitrogens with two attached hydrogens (primary N) is 1. The van der Waals surface area contributed by atoms with Crippen molar-refractivity contribution in [2.45, 2.75) is 12.8 Å². The van der Waals surface area contributed by atoms with Crippen LogP contribution in [0.2, 0.25) is 0 Å². The number of para-hydroxylation sites is 1. The summed E-state index contributed by atoms with van der Waals surface area (Å²) in [7, 11) is 0. The molecule has 3 N–H and O–H groups in total. The van der Waals surface area contributed by atoms with E-state index in [4.69, 9.17) is 5.73 Å². The fourth-order valence-electron chi connectivity index (χ4n) is 2.28. The van der Waals surface area contributed by atoms with Crippen molar-refractivity contribution in [2.75, 3.05) is 0 Å². The number of aromatic nitrogens is 2. The summed E-state index contributed by atoms with van der Waals surface area (Å²) in [6.45, 7) is 0.825. The summed E-state index contributed by atoms with van der Waals surface area (Å²) in [6, 6.07) is 12.6. The molecule has 0 fully saturated rings. The first-order valence-corrected chi connectivity index (χ1v) is 7.16. The van der Waals surface area contributed by atoms with Gasteiger partial charge < -0.3 is 10.7 Å². The molecule has 3 rings (SSSR count). The average Bonchev–Trinajstić information content (AvgIpc) is 2.54.